The molecule has 0 unspecified atom stereocenters. The average Bonchev–Trinajstić information content (AvgIpc) is 2.90. The molecule has 3 aromatic carbocycles. The minimum absolute atomic E-state index is 1.21. The van der Waals surface area contributed by atoms with Crippen LogP contribution >= 0.6 is 13.0 Å². The minimum Gasteiger partial charge on any atom is -0.184 e. The van der Waals surface area contributed by atoms with Crippen LogP contribution in [0.1, 0.15) is 76.7 Å². The van der Waals surface area contributed by atoms with Crippen LogP contribution < -0.4 is 0 Å². The molecule has 180 valence electrons. The first-order chi connectivity index (χ1) is 15.9. The molecule has 0 atom stereocenters. The molecule has 0 nitrogen and oxygen atoms in total. The van der Waals surface area contributed by atoms with E-state index >= 15 is 0 Å². The van der Waals surface area contributed by atoms with Gasteiger partial charge in [0, 0.05) is 0 Å². The number of rotatable bonds is 11. The normalized spacial score (nSPS) is 9.25. The van der Waals surface area contributed by atoms with Crippen molar-refractivity contribution in [2.45, 2.75) is 77.6 Å². The van der Waals surface area contributed by atoms with Gasteiger partial charge in [-0.3, -0.25) is 0 Å². The Morgan fingerprint density at radius 1 is 0.562 bits per heavy atom. The molecule has 2 heteroatoms. The number of unbranched alkanes of at least 4 members (excludes halogenated alkanes) is 9. The molecule has 0 saturated heterocycles. The standard InChI is InChI=1S/C18H29.2C6H5.Ag.BrH/c1-2-3-4-5-6-7-8-9-10-12-15-18-16-13-11-14-17-18;2*1-2-4-6-5-3-1;;/h11,13-14,16H,2-10,12,15H2,1H3;2*1-5H;;1H/q3*-1;+1;/p-1. The number of hydrogen-bond donors (Lipinski definition) is 0. The van der Waals surface area contributed by atoms with Gasteiger partial charge in [-0.15, -0.1) is 0 Å². The summed E-state index contributed by atoms with van der Waals surface area (Å²) in [7, 11) is 0. The molecule has 0 saturated carbocycles. The SMILES string of the molecule is CCCCCCCCCCCCc1[c-]cccc1.[Br][Ag].[c-]1ccccc1.[c-]1ccccc1. The van der Waals surface area contributed by atoms with E-state index in [4.69, 9.17) is 0 Å². The molecule has 0 aliphatic carbocycles. The third-order valence-electron chi connectivity index (χ3n) is 4.79. The van der Waals surface area contributed by atoms with Gasteiger partial charge in [-0.25, -0.2) is 0 Å². The van der Waals surface area contributed by atoms with Crippen LogP contribution in [0.25, 0.3) is 0 Å². The Labute approximate surface area is 217 Å². The maximum atomic E-state index is 3.30. The molecule has 0 spiro atoms. The first-order valence-electron chi connectivity index (χ1n) is 11.8. The van der Waals surface area contributed by atoms with E-state index in [1.165, 1.54) is 76.2 Å². The second-order valence-electron chi connectivity index (χ2n) is 7.47. The second kappa shape index (κ2) is 27.9. The van der Waals surface area contributed by atoms with E-state index in [9.17, 15) is 0 Å². The van der Waals surface area contributed by atoms with E-state index in [1.807, 2.05) is 72.8 Å². The Morgan fingerprint density at radius 3 is 1.34 bits per heavy atom. The summed E-state index contributed by atoms with van der Waals surface area (Å²) in [6.45, 7) is 2.28. The first kappa shape index (κ1) is 30.9. The zero-order valence-electron chi connectivity index (χ0n) is 19.5. The van der Waals surface area contributed by atoms with Crippen molar-refractivity contribution in [3.8, 4) is 0 Å². The number of hydrogen-bond acceptors (Lipinski definition) is 0. The van der Waals surface area contributed by atoms with Gasteiger partial charge >= 0.3 is 32.0 Å². The number of aryl methyl sites for hydroxylation is 1. The van der Waals surface area contributed by atoms with Crippen LogP contribution in [0.15, 0.2) is 84.9 Å². The second-order valence-corrected chi connectivity index (χ2v) is 7.47. The van der Waals surface area contributed by atoms with Crippen LogP contribution in [-0.4, -0.2) is 0 Å². The van der Waals surface area contributed by atoms with E-state index in [-0.39, 0.29) is 0 Å². The fourth-order valence-electron chi connectivity index (χ4n) is 3.07. The number of benzene rings is 3. The molecule has 0 aromatic heterocycles. The van der Waals surface area contributed by atoms with Gasteiger partial charge in [-0.1, -0.05) is 77.6 Å². The van der Waals surface area contributed by atoms with E-state index in [0.29, 0.717) is 0 Å². The zero-order valence-corrected chi connectivity index (χ0v) is 22.6. The van der Waals surface area contributed by atoms with E-state index in [2.05, 4.69) is 69.2 Å². The molecule has 0 aliphatic heterocycles. The van der Waals surface area contributed by atoms with Gasteiger partial charge in [0.15, 0.2) is 0 Å². The van der Waals surface area contributed by atoms with Gasteiger partial charge in [-0.05, 0) is 0 Å². The van der Waals surface area contributed by atoms with Gasteiger partial charge in [0.05, 0.1) is 0 Å². The third-order valence-corrected chi connectivity index (χ3v) is 4.79. The maximum absolute atomic E-state index is 3.30. The molecule has 32 heavy (non-hydrogen) atoms. The molecular weight excluding hydrogens is 548 g/mol. The molecule has 0 amide bonds. The number of halogens is 1. The zero-order chi connectivity index (χ0) is 23.4. The van der Waals surface area contributed by atoms with Gasteiger partial charge in [0.25, 0.3) is 0 Å². The summed E-state index contributed by atoms with van der Waals surface area (Å²) in [5, 5.41) is 0. The molecule has 0 fully saturated rings. The molecule has 0 N–H and O–H groups in total. The fraction of sp³-hybridized carbons (Fsp3) is 0.400. The van der Waals surface area contributed by atoms with Crippen molar-refractivity contribution in [3.05, 3.63) is 109 Å². The van der Waals surface area contributed by atoms with Crippen LogP contribution in [-0.2, 0) is 25.4 Å². The summed E-state index contributed by atoms with van der Waals surface area (Å²) in [5.41, 5.74) is 1.37. The Kier molecular flexibility index (Phi) is 26.9. The monoisotopic (exact) mass is 585 g/mol. The van der Waals surface area contributed by atoms with Crippen LogP contribution in [0, 0.1) is 18.2 Å². The predicted molar refractivity (Wildman–Crippen MR) is 140 cm³/mol. The van der Waals surface area contributed by atoms with Crippen LogP contribution in [0.5, 0.6) is 0 Å². The van der Waals surface area contributed by atoms with Crippen molar-refractivity contribution < 1.29 is 18.9 Å². The van der Waals surface area contributed by atoms with Gasteiger partial charge in [0.2, 0.25) is 0 Å². The smallest absolute Gasteiger partial charge is 0.171 e. The van der Waals surface area contributed by atoms with E-state index in [0.717, 1.165) is 0 Å². The summed E-state index contributed by atoms with van der Waals surface area (Å²) >= 11 is 5.51. The summed E-state index contributed by atoms with van der Waals surface area (Å²) in [6, 6.07) is 36.7. The van der Waals surface area contributed by atoms with Crippen molar-refractivity contribution >= 4 is 13.0 Å². The molecule has 3 aromatic rings. The summed E-state index contributed by atoms with van der Waals surface area (Å²) in [6.07, 6.45) is 15.3. The Balaban J connectivity index is 0.000000552. The van der Waals surface area contributed by atoms with Gasteiger partial charge < -0.3 is 0 Å². The molecule has 0 aliphatic rings. The van der Waals surface area contributed by atoms with Gasteiger partial charge in [0.1, 0.15) is 0 Å². The van der Waals surface area contributed by atoms with Crippen molar-refractivity contribution in [2.24, 2.45) is 0 Å². The van der Waals surface area contributed by atoms with E-state index in [1.54, 1.807) is 0 Å². The van der Waals surface area contributed by atoms with Crippen molar-refractivity contribution in [2.75, 3.05) is 0 Å². The summed E-state index contributed by atoms with van der Waals surface area (Å²) in [4.78, 5) is 0. The van der Waals surface area contributed by atoms with Crippen molar-refractivity contribution in [3.63, 3.8) is 0 Å². The van der Waals surface area contributed by atoms with Crippen LogP contribution in [0.2, 0.25) is 0 Å². The van der Waals surface area contributed by atoms with Crippen LogP contribution in [0.4, 0.5) is 0 Å². The summed E-state index contributed by atoms with van der Waals surface area (Å²) in [5.74, 6) is 0. The molecule has 0 bridgehead atoms. The summed E-state index contributed by atoms with van der Waals surface area (Å²) < 4.78 is 0. The first-order valence-corrected chi connectivity index (χ1v) is 15.2. The van der Waals surface area contributed by atoms with Crippen LogP contribution in [0.3, 0.4) is 0 Å². The maximum Gasteiger partial charge on any atom is -0.171 e. The average molecular weight is 587 g/mol. The Hall–Kier alpha value is -1.12. The topological polar surface area (TPSA) is 0 Å². The third kappa shape index (κ3) is 23.5. The minimum atomic E-state index is 1.21. The molecule has 0 heterocycles. The Bertz CT molecular complexity index is 573. The fourth-order valence-corrected chi connectivity index (χ4v) is 3.07. The molecular formula is C30H39AgBr-3. The molecule has 0 radical (unpaired) electrons. The van der Waals surface area contributed by atoms with Crippen molar-refractivity contribution in [1.82, 2.24) is 0 Å². The van der Waals surface area contributed by atoms with Crippen molar-refractivity contribution in [1.29, 1.82) is 0 Å². The predicted octanol–water partition coefficient (Wildman–Crippen LogP) is 9.77. The quantitative estimate of drug-likeness (QED) is 0.119. The molecule has 3 rings (SSSR count). The van der Waals surface area contributed by atoms with E-state index < -0.39 is 0 Å². The largest absolute Gasteiger partial charge is 0.184 e. The van der Waals surface area contributed by atoms with Gasteiger partial charge in [-0.2, -0.15) is 109 Å². The Morgan fingerprint density at radius 2 is 1.00 bits per heavy atom.